The lowest BCUT2D eigenvalue weighted by molar-refractivity contribution is -0.119. The Kier molecular flexibility index (Phi) is 8.27. The normalized spacial score (nSPS) is 14.3. The van der Waals surface area contributed by atoms with Crippen LogP contribution in [0.3, 0.4) is 0 Å². The van der Waals surface area contributed by atoms with Crippen LogP contribution in [0, 0.1) is 0 Å². The average molecular weight is 421 g/mol. The first-order valence-electron chi connectivity index (χ1n) is 11.2. The molecule has 0 spiro atoms. The zero-order valence-electron chi connectivity index (χ0n) is 18.5. The van der Waals surface area contributed by atoms with Gasteiger partial charge in [0.05, 0.1) is 18.6 Å². The van der Waals surface area contributed by atoms with E-state index in [2.05, 4.69) is 41.4 Å². The summed E-state index contributed by atoms with van der Waals surface area (Å²) in [5.41, 5.74) is 4.45. The molecule has 31 heavy (non-hydrogen) atoms. The Morgan fingerprint density at radius 3 is 2.39 bits per heavy atom. The zero-order valence-corrected chi connectivity index (χ0v) is 18.5. The maximum Gasteiger partial charge on any atom is 0.338 e. The lowest BCUT2D eigenvalue weighted by Gasteiger charge is -2.31. The molecule has 1 heterocycles. The van der Waals surface area contributed by atoms with E-state index in [1.54, 1.807) is 31.2 Å². The Morgan fingerprint density at radius 2 is 1.71 bits per heavy atom. The molecule has 0 radical (unpaired) electrons. The Morgan fingerprint density at radius 1 is 1.00 bits per heavy atom. The third kappa shape index (κ3) is 6.20. The van der Waals surface area contributed by atoms with Crippen molar-refractivity contribution < 1.29 is 14.3 Å². The van der Waals surface area contributed by atoms with Gasteiger partial charge in [0.25, 0.3) is 0 Å². The van der Waals surface area contributed by atoms with Gasteiger partial charge in [0.2, 0.25) is 5.91 Å². The summed E-state index contributed by atoms with van der Waals surface area (Å²) >= 11 is 0. The number of ether oxygens (including phenoxy) is 1. The molecular formula is C26H32N2O3. The largest absolute Gasteiger partial charge is 0.462 e. The van der Waals surface area contributed by atoms with Crippen LogP contribution in [-0.4, -0.2) is 31.6 Å². The second-order valence-corrected chi connectivity index (χ2v) is 7.73. The van der Waals surface area contributed by atoms with Gasteiger partial charge in [-0.1, -0.05) is 43.3 Å². The summed E-state index contributed by atoms with van der Waals surface area (Å²) in [5, 5.41) is 3.12. The summed E-state index contributed by atoms with van der Waals surface area (Å²) < 4.78 is 5.01. The number of benzene rings is 2. The minimum absolute atomic E-state index is 0.0722. The minimum atomic E-state index is -0.346. The number of allylic oxidation sites excluding steroid dienone is 1. The van der Waals surface area contributed by atoms with E-state index in [0.717, 1.165) is 36.3 Å². The number of nitrogens with one attached hydrogen (secondary N) is 1. The van der Waals surface area contributed by atoms with Crippen molar-refractivity contribution in [2.75, 3.05) is 24.6 Å². The molecule has 1 aliphatic rings. The van der Waals surface area contributed by atoms with Gasteiger partial charge in [0.15, 0.2) is 0 Å². The van der Waals surface area contributed by atoms with Gasteiger partial charge in [-0.15, -0.1) is 0 Å². The Bertz CT molecular complexity index is 913. The van der Waals surface area contributed by atoms with Crippen LogP contribution in [0.4, 0.5) is 5.69 Å². The number of esters is 1. The number of amides is 1. The summed E-state index contributed by atoms with van der Waals surface area (Å²) in [6.45, 7) is 6.30. The molecule has 5 nitrogen and oxygen atoms in total. The number of hydrogen-bond donors (Lipinski definition) is 1. The molecular weight excluding hydrogens is 388 g/mol. The molecule has 0 aliphatic carbocycles. The van der Waals surface area contributed by atoms with Crippen LogP contribution in [0.1, 0.15) is 61.0 Å². The highest BCUT2D eigenvalue weighted by Crippen LogP contribution is 2.28. The monoisotopic (exact) mass is 420 g/mol. The molecule has 5 heteroatoms. The van der Waals surface area contributed by atoms with Crippen molar-refractivity contribution >= 4 is 23.3 Å². The molecule has 0 atom stereocenters. The molecule has 1 amide bonds. The van der Waals surface area contributed by atoms with Crippen molar-refractivity contribution in [1.29, 1.82) is 0 Å². The highest BCUT2D eigenvalue weighted by atomic mass is 16.5. The Hall–Kier alpha value is -3.08. The van der Waals surface area contributed by atoms with E-state index in [1.165, 1.54) is 24.9 Å². The molecule has 1 saturated heterocycles. The highest BCUT2D eigenvalue weighted by molar-refractivity contribution is 5.91. The predicted molar refractivity (Wildman–Crippen MR) is 125 cm³/mol. The van der Waals surface area contributed by atoms with E-state index in [-0.39, 0.29) is 18.3 Å². The van der Waals surface area contributed by atoms with Gasteiger partial charge in [-0.2, -0.15) is 0 Å². The second-order valence-electron chi connectivity index (χ2n) is 7.73. The minimum Gasteiger partial charge on any atom is -0.462 e. The molecule has 164 valence electrons. The molecule has 3 rings (SSSR count). The third-order valence-corrected chi connectivity index (χ3v) is 5.40. The average Bonchev–Trinajstić information content (AvgIpc) is 2.80. The van der Waals surface area contributed by atoms with Crippen LogP contribution < -0.4 is 10.2 Å². The summed E-state index contributed by atoms with van der Waals surface area (Å²) in [7, 11) is 0. The first kappa shape index (κ1) is 22.6. The Balaban J connectivity index is 1.72. The molecule has 1 aliphatic heterocycles. The topological polar surface area (TPSA) is 58.6 Å². The van der Waals surface area contributed by atoms with Crippen LogP contribution in [0.15, 0.2) is 54.6 Å². The lowest BCUT2D eigenvalue weighted by Crippen LogP contribution is -2.31. The van der Waals surface area contributed by atoms with Crippen molar-refractivity contribution in [3.8, 4) is 0 Å². The third-order valence-electron chi connectivity index (χ3n) is 5.40. The van der Waals surface area contributed by atoms with E-state index < -0.39 is 0 Å². The lowest BCUT2D eigenvalue weighted by atomic mass is 10.0. The Labute approximate surface area is 185 Å². The molecule has 0 aromatic heterocycles. The second kappa shape index (κ2) is 11.3. The molecule has 0 unspecified atom stereocenters. The summed E-state index contributed by atoms with van der Waals surface area (Å²) in [6.07, 6.45) is 6.84. The van der Waals surface area contributed by atoms with E-state index in [1.807, 2.05) is 6.07 Å². The van der Waals surface area contributed by atoms with Gasteiger partial charge in [-0.3, -0.25) is 4.79 Å². The molecule has 1 fully saturated rings. The van der Waals surface area contributed by atoms with Gasteiger partial charge in [-0.05, 0) is 56.4 Å². The van der Waals surface area contributed by atoms with E-state index >= 15 is 0 Å². The van der Waals surface area contributed by atoms with Crippen LogP contribution in [0.5, 0.6) is 0 Å². The molecule has 1 N–H and O–H groups in total. The predicted octanol–water partition coefficient (Wildman–Crippen LogP) is 4.96. The standard InChI is InChI=1S/C26H32N2O3/c1-3-10-23(22-11-6-7-12-24(22)28-17-8-5-9-18-28)27-25(29)19-20-13-15-21(16-14-20)26(30)31-4-2/h6-7,10-16H,3-5,8-9,17-19H2,1-2H3,(H,27,29). The highest BCUT2D eigenvalue weighted by Gasteiger charge is 2.17. The van der Waals surface area contributed by atoms with Crippen molar-refractivity contribution in [2.24, 2.45) is 0 Å². The van der Waals surface area contributed by atoms with Gasteiger partial charge in [-0.25, -0.2) is 4.79 Å². The van der Waals surface area contributed by atoms with Crippen molar-refractivity contribution in [1.82, 2.24) is 5.32 Å². The SMILES string of the molecule is CCC=C(NC(=O)Cc1ccc(C(=O)OCC)cc1)c1ccccc1N1CCCCC1. The summed E-state index contributed by atoms with van der Waals surface area (Å²) in [4.78, 5) is 27.0. The first-order chi connectivity index (χ1) is 15.1. The smallest absolute Gasteiger partial charge is 0.338 e. The van der Waals surface area contributed by atoms with Gasteiger partial charge >= 0.3 is 5.97 Å². The fraction of sp³-hybridized carbons (Fsp3) is 0.385. The fourth-order valence-electron chi connectivity index (χ4n) is 3.90. The van der Waals surface area contributed by atoms with Crippen molar-refractivity contribution in [3.63, 3.8) is 0 Å². The first-order valence-corrected chi connectivity index (χ1v) is 11.2. The maximum atomic E-state index is 12.8. The number of anilines is 1. The summed E-state index contributed by atoms with van der Waals surface area (Å²) in [5.74, 6) is -0.419. The van der Waals surface area contributed by atoms with Crippen LogP contribution in [0.25, 0.3) is 5.70 Å². The van der Waals surface area contributed by atoms with Crippen LogP contribution in [0.2, 0.25) is 0 Å². The van der Waals surface area contributed by atoms with E-state index in [4.69, 9.17) is 4.74 Å². The number of hydrogen-bond acceptors (Lipinski definition) is 4. The molecule has 2 aromatic rings. The maximum absolute atomic E-state index is 12.8. The zero-order chi connectivity index (χ0) is 22.1. The van der Waals surface area contributed by atoms with Gasteiger partial charge in [0.1, 0.15) is 0 Å². The van der Waals surface area contributed by atoms with E-state index in [0.29, 0.717) is 12.2 Å². The van der Waals surface area contributed by atoms with Crippen LogP contribution in [-0.2, 0) is 16.0 Å². The molecule has 2 aromatic carbocycles. The van der Waals surface area contributed by atoms with Crippen molar-refractivity contribution in [2.45, 2.75) is 46.0 Å². The van der Waals surface area contributed by atoms with Gasteiger partial charge < -0.3 is 15.0 Å². The van der Waals surface area contributed by atoms with Gasteiger partial charge in [0, 0.05) is 30.0 Å². The van der Waals surface area contributed by atoms with Crippen LogP contribution >= 0.6 is 0 Å². The van der Waals surface area contributed by atoms with Crippen molar-refractivity contribution in [3.05, 3.63) is 71.3 Å². The molecule has 0 saturated carbocycles. The summed E-state index contributed by atoms with van der Waals surface area (Å²) in [6, 6.07) is 15.3. The fourth-order valence-corrected chi connectivity index (χ4v) is 3.90. The quantitative estimate of drug-likeness (QED) is 0.613. The molecule has 0 bridgehead atoms. The number of carbonyl (C=O) groups is 2. The number of para-hydroxylation sites is 1. The van der Waals surface area contributed by atoms with E-state index in [9.17, 15) is 9.59 Å². The number of carbonyl (C=O) groups excluding carboxylic acids is 2. The number of rotatable bonds is 8. The number of nitrogens with zero attached hydrogens (tertiary/aromatic N) is 1. The number of piperidine rings is 1.